The minimum atomic E-state index is 0.143. The average Bonchev–Trinajstić information content (AvgIpc) is 1.95. The summed E-state index contributed by atoms with van der Waals surface area (Å²) < 4.78 is 12.8. The summed E-state index contributed by atoms with van der Waals surface area (Å²) in [4.78, 5) is 0. The summed E-state index contributed by atoms with van der Waals surface area (Å²) in [5, 5.41) is 0. The quantitative estimate of drug-likeness (QED) is 0.526. The molecule has 0 nitrogen and oxygen atoms in total. The van der Waals surface area contributed by atoms with Crippen LogP contribution in [0, 0.1) is 5.92 Å². The van der Waals surface area contributed by atoms with Gasteiger partial charge in [0.15, 0.2) is 0 Å². The monoisotopic (exact) mass is 142 g/mol. The molecule has 0 aromatic heterocycles. The predicted octanol–water partition coefficient (Wildman–Crippen LogP) is 3.44. The van der Waals surface area contributed by atoms with E-state index in [2.05, 4.69) is 6.92 Å². The van der Waals surface area contributed by atoms with Gasteiger partial charge in [0.1, 0.15) is 0 Å². The minimum Gasteiger partial charge on any atom is -0.212 e. The molecule has 0 aromatic carbocycles. The Morgan fingerprint density at radius 1 is 1.60 bits per heavy atom. The first-order valence-corrected chi connectivity index (χ1v) is 4.08. The van der Waals surface area contributed by atoms with Crippen molar-refractivity contribution in [3.8, 4) is 0 Å². The minimum absolute atomic E-state index is 0.143. The van der Waals surface area contributed by atoms with Crippen molar-refractivity contribution in [2.24, 2.45) is 5.92 Å². The van der Waals surface area contributed by atoms with Crippen molar-refractivity contribution < 1.29 is 4.39 Å². The molecule has 0 aromatic rings. The van der Waals surface area contributed by atoms with Crippen LogP contribution < -0.4 is 0 Å². The van der Waals surface area contributed by atoms with Crippen molar-refractivity contribution in [1.82, 2.24) is 0 Å². The van der Waals surface area contributed by atoms with Crippen LogP contribution >= 0.6 is 0 Å². The highest BCUT2D eigenvalue weighted by atomic mass is 19.1. The van der Waals surface area contributed by atoms with Gasteiger partial charge in [-0.05, 0) is 37.7 Å². The third-order valence-corrected chi connectivity index (χ3v) is 2.41. The van der Waals surface area contributed by atoms with E-state index in [0.717, 1.165) is 24.3 Å². The largest absolute Gasteiger partial charge is 0.212 e. The van der Waals surface area contributed by atoms with Crippen LogP contribution in [0.15, 0.2) is 11.4 Å². The van der Waals surface area contributed by atoms with Gasteiger partial charge >= 0.3 is 0 Å². The molecule has 0 amide bonds. The zero-order valence-electron chi connectivity index (χ0n) is 6.78. The van der Waals surface area contributed by atoms with E-state index in [1.54, 1.807) is 0 Å². The molecule has 58 valence electrons. The zero-order valence-corrected chi connectivity index (χ0v) is 6.78. The van der Waals surface area contributed by atoms with Gasteiger partial charge in [0.25, 0.3) is 0 Å². The fourth-order valence-electron chi connectivity index (χ4n) is 1.54. The number of rotatable bonds is 1. The highest BCUT2D eigenvalue weighted by Crippen LogP contribution is 2.31. The van der Waals surface area contributed by atoms with Gasteiger partial charge in [0, 0.05) is 0 Å². The summed E-state index contributed by atoms with van der Waals surface area (Å²) in [5.74, 6) is 0.893. The van der Waals surface area contributed by atoms with E-state index in [9.17, 15) is 4.39 Å². The maximum absolute atomic E-state index is 12.8. The van der Waals surface area contributed by atoms with Gasteiger partial charge in [-0.1, -0.05) is 13.3 Å². The van der Waals surface area contributed by atoms with Crippen LogP contribution in [0.25, 0.3) is 0 Å². The lowest BCUT2D eigenvalue weighted by Gasteiger charge is -2.20. The van der Waals surface area contributed by atoms with Gasteiger partial charge in [-0.2, -0.15) is 0 Å². The topological polar surface area (TPSA) is 0 Å². The second-order valence-electron chi connectivity index (χ2n) is 3.20. The normalized spacial score (nSPS) is 27.3. The molecule has 1 aliphatic rings. The van der Waals surface area contributed by atoms with Gasteiger partial charge in [-0.25, -0.2) is 4.39 Å². The van der Waals surface area contributed by atoms with Gasteiger partial charge < -0.3 is 0 Å². The summed E-state index contributed by atoms with van der Waals surface area (Å²) >= 11 is 0. The number of halogens is 1. The van der Waals surface area contributed by atoms with Gasteiger partial charge in [0.05, 0.1) is 5.83 Å². The first kappa shape index (κ1) is 7.77. The molecule has 0 saturated carbocycles. The van der Waals surface area contributed by atoms with Crippen LogP contribution in [0.3, 0.4) is 0 Å². The fraction of sp³-hybridized carbons (Fsp3) is 0.778. The number of hydrogen-bond donors (Lipinski definition) is 0. The van der Waals surface area contributed by atoms with Crippen molar-refractivity contribution in [3.05, 3.63) is 11.4 Å². The summed E-state index contributed by atoms with van der Waals surface area (Å²) in [6.45, 7) is 4.10. The van der Waals surface area contributed by atoms with E-state index in [0.29, 0.717) is 6.42 Å². The number of allylic oxidation sites excluding steroid dienone is 2. The highest BCUT2D eigenvalue weighted by Gasteiger charge is 2.16. The van der Waals surface area contributed by atoms with Crippen LogP contribution in [0.1, 0.15) is 39.5 Å². The molecule has 0 spiro atoms. The SMILES string of the molecule is CCC1CCC(F)=C(C)C1. The van der Waals surface area contributed by atoms with E-state index in [4.69, 9.17) is 0 Å². The molecule has 1 rings (SSSR count). The summed E-state index contributed by atoms with van der Waals surface area (Å²) in [6, 6.07) is 0. The average molecular weight is 142 g/mol. The van der Waals surface area contributed by atoms with Gasteiger partial charge in [0.2, 0.25) is 0 Å². The summed E-state index contributed by atoms with van der Waals surface area (Å²) in [6.07, 6.45) is 3.93. The Labute approximate surface area is 62.1 Å². The van der Waals surface area contributed by atoms with Gasteiger partial charge in [-0.3, -0.25) is 0 Å². The Morgan fingerprint density at radius 3 is 2.80 bits per heavy atom. The predicted molar refractivity (Wildman–Crippen MR) is 41.4 cm³/mol. The van der Waals surface area contributed by atoms with E-state index in [1.807, 2.05) is 6.92 Å². The molecular formula is C9H15F. The van der Waals surface area contributed by atoms with E-state index >= 15 is 0 Å². The Bertz CT molecular complexity index is 147. The van der Waals surface area contributed by atoms with Crippen molar-refractivity contribution in [2.75, 3.05) is 0 Å². The Hall–Kier alpha value is -0.330. The number of hydrogen-bond acceptors (Lipinski definition) is 0. The second-order valence-corrected chi connectivity index (χ2v) is 3.20. The summed E-state index contributed by atoms with van der Waals surface area (Å²) in [5.41, 5.74) is 0.984. The lowest BCUT2D eigenvalue weighted by atomic mass is 9.87. The van der Waals surface area contributed by atoms with Crippen LogP contribution in [0.5, 0.6) is 0 Å². The lowest BCUT2D eigenvalue weighted by molar-refractivity contribution is 0.398. The molecule has 0 heterocycles. The first-order chi connectivity index (χ1) is 4.74. The van der Waals surface area contributed by atoms with Crippen LogP contribution in [-0.4, -0.2) is 0 Å². The van der Waals surface area contributed by atoms with Crippen molar-refractivity contribution >= 4 is 0 Å². The first-order valence-electron chi connectivity index (χ1n) is 4.08. The van der Waals surface area contributed by atoms with E-state index < -0.39 is 0 Å². The van der Waals surface area contributed by atoms with Crippen LogP contribution in [-0.2, 0) is 0 Å². The van der Waals surface area contributed by atoms with Crippen LogP contribution in [0.4, 0.5) is 4.39 Å². The molecule has 0 N–H and O–H groups in total. The second kappa shape index (κ2) is 3.18. The molecule has 1 heteroatoms. The van der Waals surface area contributed by atoms with Crippen molar-refractivity contribution in [2.45, 2.75) is 39.5 Å². The third kappa shape index (κ3) is 1.59. The molecular weight excluding hydrogens is 127 g/mol. The van der Waals surface area contributed by atoms with Crippen molar-refractivity contribution in [1.29, 1.82) is 0 Å². The molecule has 10 heavy (non-hydrogen) atoms. The van der Waals surface area contributed by atoms with E-state index in [-0.39, 0.29) is 5.83 Å². The molecule has 0 aliphatic heterocycles. The molecule has 0 saturated heterocycles. The maximum atomic E-state index is 12.8. The molecule has 0 fully saturated rings. The fourth-order valence-corrected chi connectivity index (χ4v) is 1.54. The Kier molecular flexibility index (Phi) is 2.47. The Morgan fingerprint density at radius 2 is 2.30 bits per heavy atom. The summed E-state index contributed by atoms with van der Waals surface area (Å²) in [7, 11) is 0. The van der Waals surface area contributed by atoms with Gasteiger partial charge in [-0.15, -0.1) is 0 Å². The van der Waals surface area contributed by atoms with E-state index in [1.165, 1.54) is 6.42 Å². The molecule has 0 bridgehead atoms. The third-order valence-electron chi connectivity index (χ3n) is 2.41. The smallest absolute Gasteiger partial charge is 0.0988 e. The maximum Gasteiger partial charge on any atom is 0.0988 e. The highest BCUT2D eigenvalue weighted by molar-refractivity contribution is 5.09. The Balaban J connectivity index is 2.54. The molecule has 1 unspecified atom stereocenters. The molecule has 1 atom stereocenters. The lowest BCUT2D eigenvalue weighted by Crippen LogP contribution is -2.06. The zero-order chi connectivity index (χ0) is 7.56. The standard InChI is InChI=1S/C9H15F/c1-3-8-4-5-9(10)7(2)6-8/h8H,3-6H2,1-2H3. The van der Waals surface area contributed by atoms with Crippen molar-refractivity contribution in [3.63, 3.8) is 0 Å². The van der Waals surface area contributed by atoms with Crippen LogP contribution in [0.2, 0.25) is 0 Å². The molecule has 0 radical (unpaired) electrons. The molecule has 1 aliphatic carbocycles.